The van der Waals surface area contributed by atoms with Crippen molar-refractivity contribution in [3.05, 3.63) is 29.1 Å². The van der Waals surface area contributed by atoms with Crippen LogP contribution in [0.15, 0.2) is 12.3 Å². The van der Waals surface area contributed by atoms with Crippen LogP contribution in [0.1, 0.15) is 30.7 Å². The zero-order chi connectivity index (χ0) is 21.9. The summed E-state index contributed by atoms with van der Waals surface area (Å²) in [6, 6.07) is 2.06. The van der Waals surface area contributed by atoms with Crippen LogP contribution in [-0.4, -0.2) is 60.1 Å². The highest BCUT2D eigenvalue weighted by Crippen LogP contribution is 2.30. The van der Waals surface area contributed by atoms with E-state index in [0.717, 1.165) is 36.5 Å². The van der Waals surface area contributed by atoms with Crippen LogP contribution in [0, 0.1) is 12.3 Å². The van der Waals surface area contributed by atoms with E-state index in [4.69, 9.17) is 4.74 Å². The number of ether oxygens (including phenoxy) is 1. The molecule has 3 heterocycles. The van der Waals surface area contributed by atoms with E-state index in [1.54, 1.807) is 20.4 Å². The number of methoxy groups -OCH3 is 1. The molecule has 0 saturated heterocycles. The van der Waals surface area contributed by atoms with Gasteiger partial charge in [0, 0.05) is 44.9 Å². The fourth-order valence-electron chi connectivity index (χ4n) is 3.36. The molecule has 0 atom stereocenters. The maximum atomic E-state index is 12.0. The van der Waals surface area contributed by atoms with Crippen LogP contribution in [0.3, 0.4) is 0 Å². The average Bonchev–Trinajstić information content (AvgIpc) is 2.72. The summed E-state index contributed by atoms with van der Waals surface area (Å²) in [5.41, 5.74) is 3.29. The van der Waals surface area contributed by atoms with Gasteiger partial charge in [-0.3, -0.25) is 4.79 Å². The molecule has 1 amide bonds. The molecule has 1 aliphatic rings. The largest absolute Gasteiger partial charge is 0.480 e. The molecule has 0 aromatic carbocycles. The first-order valence-corrected chi connectivity index (χ1v) is 10.1. The first-order valence-electron chi connectivity index (χ1n) is 10.1. The third-order valence-corrected chi connectivity index (χ3v) is 5.28. The summed E-state index contributed by atoms with van der Waals surface area (Å²) in [4.78, 5) is 28.0. The lowest BCUT2D eigenvalue weighted by Crippen LogP contribution is -2.39. The molecule has 3 N–H and O–H groups in total. The van der Waals surface area contributed by atoms with E-state index < -0.39 is 5.41 Å². The molecule has 9 heteroatoms. The molecule has 1 aliphatic heterocycles. The van der Waals surface area contributed by atoms with Gasteiger partial charge < -0.3 is 25.6 Å². The summed E-state index contributed by atoms with van der Waals surface area (Å²) in [5, 5.41) is 9.21. The zero-order valence-electron chi connectivity index (χ0n) is 18.6. The molecule has 30 heavy (non-hydrogen) atoms. The van der Waals surface area contributed by atoms with Crippen molar-refractivity contribution in [1.82, 2.24) is 25.2 Å². The van der Waals surface area contributed by atoms with Crippen LogP contribution >= 0.6 is 0 Å². The van der Waals surface area contributed by atoms with Crippen LogP contribution in [0.2, 0.25) is 0 Å². The number of anilines is 3. The Kier molecular flexibility index (Phi) is 6.40. The minimum absolute atomic E-state index is 0.0325. The maximum Gasteiger partial charge on any atom is 0.237 e. The second kappa shape index (κ2) is 8.83. The Bertz CT molecular complexity index is 930. The van der Waals surface area contributed by atoms with Crippen molar-refractivity contribution in [2.45, 2.75) is 33.7 Å². The Balaban J connectivity index is 1.81. The van der Waals surface area contributed by atoms with Gasteiger partial charge in [0.15, 0.2) is 0 Å². The van der Waals surface area contributed by atoms with Crippen molar-refractivity contribution >= 4 is 23.4 Å². The quantitative estimate of drug-likeness (QED) is 0.634. The van der Waals surface area contributed by atoms with E-state index in [-0.39, 0.29) is 5.91 Å². The van der Waals surface area contributed by atoms with Gasteiger partial charge in [0.25, 0.3) is 0 Å². The van der Waals surface area contributed by atoms with E-state index in [1.807, 2.05) is 20.8 Å². The van der Waals surface area contributed by atoms with Crippen LogP contribution in [0.25, 0.3) is 0 Å². The number of hydrogen-bond acceptors (Lipinski definition) is 8. The van der Waals surface area contributed by atoms with Crippen LogP contribution in [-0.2, 0) is 17.8 Å². The highest BCUT2D eigenvalue weighted by molar-refractivity contribution is 5.82. The first-order chi connectivity index (χ1) is 14.2. The lowest BCUT2D eigenvalue weighted by Gasteiger charge is -2.25. The molecule has 0 saturated carbocycles. The fraction of sp³-hybridized carbons (Fsp3) is 0.524. The fourth-order valence-corrected chi connectivity index (χ4v) is 3.36. The van der Waals surface area contributed by atoms with E-state index in [0.29, 0.717) is 24.2 Å². The minimum Gasteiger partial charge on any atom is -0.480 e. The predicted octanol–water partition coefficient (Wildman–Crippen LogP) is 2.10. The lowest BCUT2D eigenvalue weighted by molar-refractivity contribution is -0.128. The Hall–Kier alpha value is -2.94. The molecule has 0 spiro atoms. The van der Waals surface area contributed by atoms with Crippen molar-refractivity contribution in [2.75, 3.05) is 44.9 Å². The number of rotatable bonds is 7. The number of aryl methyl sites for hydroxylation is 1. The second-order valence-corrected chi connectivity index (χ2v) is 8.31. The summed E-state index contributed by atoms with van der Waals surface area (Å²) in [6.45, 7) is 7.97. The van der Waals surface area contributed by atoms with Crippen LogP contribution in [0.4, 0.5) is 17.5 Å². The summed E-state index contributed by atoms with van der Waals surface area (Å²) in [5.74, 6) is 1.60. The summed E-state index contributed by atoms with van der Waals surface area (Å²) >= 11 is 0. The Morgan fingerprint density at radius 3 is 2.80 bits per heavy atom. The minimum atomic E-state index is -0.572. The number of amides is 1. The van der Waals surface area contributed by atoms with Crippen molar-refractivity contribution in [1.29, 1.82) is 0 Å². The molecular formula is C21H31N7O2. The third-order valence-electron chi connectivity index (χ3n) is 5.28. The number of aromatic nitrogens is 3. The number of fused-ring (bicyclic) bond motifs is 1. The number of pyridine rings is 1. The highest BCUT2D eigenvalue weighted by atomic mass is 16.5. The number of likely N-dealkylation sites (N-methyl/N-ethyl adjacent to an activating group) is 1. The van der Waals surface area contributed by atoms with Gasteiger partial charge in [-0.15, -0.1) is 0 Å². The molecule has 0 unspecified atom stereocenters. The van der Waals surface area contributed by atoms with E-state index in [2.05, 4.69) is 48.9 Å². The molecule has 0 fully saturated rings. The van der Waals surface area contributed by atoms with Crippen molar-refractivity contribution in [3.8, 4) is 5.88 Å². The number of hydrogen-bond donors (Lipinski definition) is 3. The molecule has 0 radical (unpaired) electrons. The van der Waals surface area contributed by atoms with Gasteiger partial charge in [-0.05, 0) is 39.4 Å². The topological polar surface area (TPSA) is 104 Å². The Morgan fingerprint density at radius 2 is 2.10 bits per heavy atom. The predicted molar refractivity (Wildman–Crippen MR) is 117 cm³/mol. The molecule has 0 aliphatic carbocycles. The lowest BCUT2D eigenvalue weighted by atomic mass is 9.92. The van der Waals surface area contributed by atoms with Crippen LogP contribution in [0.5, 0.6) is 5.88 Å². The molecule has 9 nitrogen and oxygen atoms in total. The van der Waals surface area contributed by atoms with Gasteiger partial charge in [0.2, 0.25) is 17.7 Å². The monoisotopic (exact) mass is 413 g/mol. The highest BCUT2D eigenvalue weighted by Gasteiger charge is 2.26. The summed E-state index contributed by atoms with van der Waals surface area (Å²) < 4.78 is 5.49. The molecule has 0 bridgehead atoms. The van der Waals surface area contributed by atoms with Crippen molar-refractivity contribution in [2.24, 2.45) is 5.41 Å². The molecule has 162 valence electrons. The first kappa shape index (κ1) is 21.8. The maximum absolute atomic E-state index is 12.0. The molecular weight excluding hydrogens is 382 g/mol. The number of nitrogens with one attached hydrogen (secondary N) is 3. The van der Waals surface area contributed by atoms with Gasteiger partial charge in [0.1, 0.15) is 11.5 Å². The van der Waals surface area contributed by atoms with Crippen molar-refractivity contribution in [3.63, 3.8) is 0 Å². The van der Waals surface area contributed by atoms with E-state index in [9.17, 15) is 4.79 Å². The van der Waals surface area contributed by atoms with Gasteiger partial charge >= 0.3 is 0 Å². The average molecular weight is 414 g/mol. The molecule has 2 aromatic rings. The van der Waals surface area contributed by atoms with E-state index in [1.165, 1.54) is 5.56 Å². The van der Waals surface area contributed by atoms with Gasteiger partial charge in [-0.2, -0.15) is 4.98 Å². The van der Waals surface area contributed by atoms with Gasteiger partial charge in [0.05, 0.1) is 18.2 Å². The summed E-state index contributed by atoms with van der Waals surface area (Å²) in [6.07, 6.45) is 2.65. The van der Waals surface area contributed by atoms with Gasteiger partial charge in [-0.25, -0.2) is 9.97 Å². The standard InChI is InChI=1S/C21H31N7O2/c1-13-10-23-20(27-17(13)24-12-21(2,3)19(29)22-4)26-16-9-14-11-28(5)8-7-15(14)25-18(16)30-6/h9-10H,7-8,11-12H2,1-6H3,(H,22,29)(H2,23,24,26,27). The van der Waals surface area contributed by atoms with Crippen LogP contribution < -0.4 is 20.7 Å². The number of carbonyl (C=O) groups excluding carboxylic acids is 1. The Morgan fingerprint density at radius 1 is 1.33 bits per heavy atom. The third kappa shape index (κ3) is 4.79. The van der Waals surface area contributed by atoms with Crippen molar-refractivity contribution < 1.29 is 9.53 Å². The normalized spacial score (nSPS) is 14.1. The van der Waals surface area contributed by atoms with E-state index >= 15 is 0 Å². The SMILES string of the molecule is CNC(=O)C(C)(C)CNc1nc(Nc2cc3c(nc2OC)CCN(C)C3)ncc1C. The summed E-state index contributed by atoms with van der Waals surface area (Å²) in [7, 11) is 5.35. The molecule has 3 rings (SSSR count). The molecule has 2 aromatic heterocycles. The van der Waals surface area contributed by atoms with Gasteiger partial charge in [-0.1, -0.05) is 0 Å². The smallest absolute Gasteiger partial charge is 0.237 e. The second-order valence-electron chi connectivity index (χ2n) is 8.31. The number of nitrogens with zero attached hydrogens (tertiary/aromatic N) is 4. The zero-order valence-corrected chi connectivity index (χ0v) is 18.6. The Labute approximate surface area is 177 Å². The number of carbonyl (C=O) groups is 1.